The van der Waals surface area contributed by atoms with Crippen LogP contribution in [0.5, 0.6) is 5.75 Å². The van der Waals surface area contributed by atoms with Crippen molar-refractivity contribution in [1.82, 2.24) is 10.6 Å². The molecule has 0 saturated carbocycles. The largest absolute Gasteiger partial charge is 0.497 e. The van der Waals surface area contributed by atoms with Crippen molar-refractivity contribution in [2.75, 3.05) is 20.2 Å². The van der Waals surface area contributed by atoms with E-state index in [1.807, 2.05) is 31.2 Å². The van der Waals surface area contributed by atoms with Crippen LogP contribution in [-0.2, 0) is 4.79 Å². The van der Waals surface area contributed by atoms with Crippen LogP contribution >= 0.6 is 0 Å². The predicted molar refractivity (Wildman–Crippen MR) is 79.8 cm³/mol. The molecule has 1 aliphatic heterocycles. The fourth-order valence-corrected chi connectivity index (χ4v) is 2.59. The van der Waals surface area contributed by atoms with Crippen LogP contribution in [0.1, 0.15) is 37.8 Å². The molecule has 2 rings (SSSR count). The maximum absolute atomic E-state index is 12.0. The van der Waals surface area contributed by atoms with Gasteiger partial charge < -0.3 is 15.4 Å². The first kappa shape index (κ1) is 14.9. The molecular weight excluding hydrogens is 252 g/mol. The molecule has 2 unspecified atom stereocenters. The molecule has 0 spiro atoms. The number of amides is 1. The van der Waals surface area contributed by atoms with Crippen LogP contribution < -0.4 is 15.4 Å². The van der Waals surface area contributed by atoms with Crippen LogP contribution in [0.3, 0.4) is 0 Å². The summed E-state index contributed by atoms with van der Waals surface area (Å²) >= 11 is 0. The van der Waals surface area contributed by atoms with Crippen molar-refractivity contribution in [1.29, 1.82) is 0 Å². The zero-order chi connectivity index (χ0) is 14.4. The van der Waals surface area contributed by atoms with E-state index in [-0.39, 0.29) is 11.9 Å². The Hall–Kier alpha value is -1.55. The first-order chi connectivity index (χ1) is 9.69. The molecule has 1 aliphatic rings. The standard InChI is InChI=1S/C16H24N2O2/c1-12(14-4-6-15(20-2)7-5-14)18-16(19)8-3-13-9-10-17-11-13/h4-7,12-13,17H,3,8-11H2,1-2H3,(H,18,19). The maximum atomic E-state index is 12.0. The molecule has 1 fully saturated rings. The molecule has 1 aromatic rings. The lowest BCUT2D eigenvalue weighted by Crippen LogP contribution is -2.27. The topological polar surface area (TPSA) is 50.4 Å². The van der Waals surface area contributed by atoms with E-state index in [4.69, 9.17) is 4.74 Å². The summed E-state index contributed by atoms with van der Waals surface area (Å²) in [6, 6.07) is 7.86. The van der Waals surface area contributed by atoms with Gasteiger partial charge in [-0.3, -0.25) is 4.79 Å². The van der Waals surface area contributed by atoms with Crippen LogP contribution in [0.25, 0.3) is 0 Å². The Morgan fingerprint density at radius 3 is 2.80 bits per heavy atom. The van der Waals surface area contributed by atoms with Crippen molar-refractivity contribution in [2.45, 2.75) is 32.2 Å². The van der Waals surface area contributed by atoms with Gasteiger partial charge in [0, 0.05) is 6.42 Å². The highest BCUT2D eigenvalue weighted by molar-refractivity contribution is 5.76. The van der Waals surface area contributed by atoms with Crippen molar-refractivity contribution < 1.29 is 9.53 Å². The van der Waals surface area contributed by atoms with Crippen molar-refractivity contribution in [3.8, 4) is 5.75 Å². The smallest absolute Gasteiger partial charge is 0.220 e. The van der Waals surface area contributed by atoms with Gasteiger partial charge in [0.2, 0.25) is 5.91 Å². The molecule has 4 heteroatoms. The number of hydrogen-bond donors (Lipinski definition) is 2. The summed E-state index contributed by atoms with van der Waals surface area (Å²) in [6.45, 7) is 4.16. The van der Waals surface area contributed by atoms with E-state index in [2.05, 4.69) is 10.6 Å². The summed E-state index contributed by atoms with van der Waals surface area (Å²) in [5.41, 5.74) is 1.10. The fourth-order valence-electron chi connectivity index (χ4n) is 2.59. The molecule has 2 N–H and O–H groups in total. The van der Waals surface area contributed by atoms with Crippen LogP contribution in [0.15, 0.2) is 24.3 Å². The number of carbonyl (C=O) groups excluding carboxylic acids is 1. The number of methoxy groups -OCH3 is 1. The van der Waals surface area contributed by atoms with Crippen LogP contribution in [0.2, 0.25) is 0 Å². The quantitative estimate of drug-likeness (QED) is 0.838. The Labute approximate surface area is 120 Å². The number of hydrogen-bond acceptors (Lipinski definition) is 3. The minimum atomic E-state index is 0.0371. The summed E-state index contributed by atoms with van der Waals surface area (Å²) in [7, 11) is 1.65. The van der Waals surface area contributed by atoms with E-state index >= 15 is 0 Å². The monoisotopic (exact) mass is 276 g/mol. The lowest BCUT2D eigenvalue weighted by Gasteiger charge is -2.15. The molecule has 2 atom stereocenters. The predicted octanol–water partition coefficient (Wildman–Crippen LogP) is 2.26. The molecule has 4 nitrogen and oxygen atoms in total. The minimum Gasteiger partial charge on any atom is -0.497 e. The van der Waals surface area contributed by atoms with E-state index in [9.17, 15) is 4.79 Å². The van der Waals surface area contributed by atoms with Gasteiger partial charge in [-0.05, 0) is 56.5 Å². The van der Waals surface area contributed by atoms with Gasteiger partial charge >= 0.3 is 0 Å². The molecule has 0 bridgehead atoms. The molecule has 110 valence electrons. The SMILES string of the molecule is COc1ccc(C(C)NC(=O)CCC2CCNC2)cc1. The average molecular weight is 276 g/mol. The van der Waals surface area contributed by atoms with Gasteiger partial charge in [-0.15, -0.1) is 0 Å². The lowest BCUT2D eigenvalue weighted by atomic mass is 10.0. The van der Waals surface area contributed by atoms with Gasteiger partial charge in [-0.2, -0.15) is 0 Å². The van der Waals surface area contributed by atoms with E-state index in [0.29, 0.717) is 12.3 Å². The maximum Gasteiger partial charge on any atom is 0.220 e. The van der Waals surface area contributed by atoms with Crippen LogP contribution in [0, 0.1) is 5.92 Å². The van der Waals surface area contributed by atoms with E-state index < -0.39 is 0 Å². The third-order valence-corrected chi connectivity index (χ3v) is 3.94. The molecule has 0 aliphatic carbocycles. The highest BCUT2D eigenvalue weighted by Crippen LogP contribution is 2.18. The van der Waals surface area contributed by atoms with Crippen LogP contribution in [0.4, 0.5) is 0 Å². The third kappa shape index (κ3) is 4.23. The average Bonchev–Trinajstić information content (AvgIpc) is 2.98. The Kier molecular flexibility index (Phi) is 5.41. The lowest BCUT2D eigenvalue weighted by molar-refractivity contribution is -0.122. The second-order valence-corrected chi connectivity index (χ2v) is 5.46. The zero-order valence-electron chi connectivity index (χ0n) is 12.3. The van der Waals surface area contributed by atoms with Crippen molar-refractivity contribution in [2.24, 2.45) is 5.92 Å². The number of rotatable bonds is 6. The number of carbonyl (C=O) groups is 1. The van der Waals surface area contributed by atoms with Gasteiger partial charge in [0.15, 0.2) is 0 Å². The second kappa shape index (κ2) is 7.29. The summed E-state index contributed by atoms with van der Waals surface area (Å²) in [5.74, 6) is 1.64. The van der Waals surface area contributed by atoms with E-state index in [0.717, 1.165) is 30.8 Å². The first-order valence-corrected chi connectivity index (χ1v) is 7.33. The molecule has 20 heavy (non-hydrogen) atoms. The molecular formula is C16H24N2O2. The summed E-state index contributed by atoms with van der Waals surface area (Å²) in [4.78, 5) is 12.0. The zero-order valence-corrected chi connectivity index (χ0v) is 12.3. The molecule has 1 aromatic carbocycles. The first-order valence-electron chi connectivity index (χ1n) is 7.33. The van der Waals surface area contributed by atoms with Crippen LogP contribution in [-0.4, -0.2) is 26.1 Å². The Balaban J connectivity index is 1.77. The number of ether oxygens (including phenoxy) is 1. The third-order valence-electron chi connectivity index (χ3n) is 3.94. The Morgan fingerprint density at radius 2 is 2.20 bits per heavy atom. The summed E-state index contributed by atoms with van der Waals surface area (Å²) in [5, 5.41) is 6.39. The highest BCUT2D eigenvalue weighted by Gasteiger charge is 2.16. The molecule has 1 heterocycles. The van der Waals surface area contributed by atoms with Gasteiger partial charge in [0.05, 0.1) is 13.2 Å². The summed E-state index contributed by atoms with van der Waals surface area (Å²) < 4.78 is 5.13. The number of nitrogens with one attached hydrogen (secondary N) is 2. The van der Waals surface area contributed by atoms with Crippen molar-refractivity contribution in [3.05, 3.63) is 29.8 Å². The second-order valence-electron chi connectivity index (χ2n) is 5.46. The van der Waals surface area contributed by atoms with Gasteiger partial charge in [-0.25, -0.2) is 0 Å². The molecule has 1 amide bonds. The van der Waals surface area contributed by atoms with E-state index in [1.165, 1.54) is 6.42 Å². The van der Waals surface area contributed by atoms with E-state index in [1.54, 1.807) is 7.11 Å². The normalized spacial score (nSPS) is 19.6. The Bertz CT molecular complexity index is 425. The fraction of sp³-hybridized carbons (Fsp3) is 0.562. The highest BCUT2D eigenvalue weighted by atomic mass is 16.5. The molecule has 0 radical (unpaired) electrons. The van der Waals surface area contributed by atoms with Gasteiger partial charge in [-0.1, -0.05) is 12.1 Å². The molecule has 1 saturated heterocycles. The summed E-state index contributed by atoms with van der Waals surface area (Å²) in [6.07, 6.45) is 2.79. The number of benzene rings is 1. The molecule has 0 aromatic heterocycles. The van der Waals surface area contributed by atoms with Gasteiger partial charge in [0.25, 0.3) is 0 Å². The van der Waals surface area contributed by atoms with Gasteiger partial charge in [0.1, 0.15) is 5.75 Å². The van der Waals surface area contributed by atoms with Crippen molar-refractivity contribution in [3.63, 3.8) is 0 Å². The van der Waals surface area contributed by atoms with Crippen molar-refractivity contribution >= 4 is 5.91 Å². The Morgan fingerprint density at radius 1 is 1.45 bits per heavy atom. The minimum absolute atomic E-state index is 0.0371.